The van der Waals surface area contributed by atoms with Crippen LogP contribution in [0.5, 0.6) is 0 Å². The van der Waals surface area contributed by atoms with Gasteiger partial charge in [-0.25, -0.2) is 0 Å². The monoisotopic (exact) mass is 308 g/mol. The van der Waals surface area contributed by atoms with Gasteiger partial charge in [0.15, 0.2) is 0 Å². The Morgan fingerprint density at radius 2 is 1.86 bits per heavy atom. The van der Waals surface area contributed by atoms with Gasteiger partial charge in [-0.05, 0) is 39.7 Å². The van der Waals surface area contributed by atoms with Gasteiger partial charge in [0.05, 0.1) is 29.0 Å². The summed E-state index contributed by atoms with van der Waals surface area (Å²) in [5.41, 5.74) is 5.72. The molecule has 5 heteroatoms. The molecule has 2 rings (SSSR count). The van der Waals surface area contributed by atoms with E-state index in [0.717, 1.165) is 43.0 Å². The van der Waals surface area contributed by atoms with Crippen LogP contribution in [0, 0.1) is 13.8 Å². The highest BCUT2D eigenvalue weighted by molar-refractivity contribution is 6.20. The third kappa shape index (κ3) is 3.15. The molecular weight excluding hydrogens is 284 g/mol. The summed E-state index contributed by atoms with van der Waals surface area (Å²) in [6.45, 7) is 12.1. The molecule has 0 saturated heterocycles. The molecule has 0 spiro atoms. The maximum atomic E-state index is 6.43. The highest BCUT2D eigenvalue weighted by Gasteiger charge is 2.18. The molecule has 0 aliphatic heterocycles. The second-order valence-electron chi connectivity index (χ2n) is 5.41. The SMILES string of the molecule is CCc1cc(Cn2nc(C)c(C(Cl)CC)c2C)n(CC)n1. The standard InChI is InChI=1S/C16H25ClN4/c1-6-13-9-14(20(8-3)19-13)10-21-12(5)16(11(4)18-21)15(17)7-2/h9,15H,6-8,10H2,1-5H3. The summed E-state index contributed by atoms with van der Waals surface area (Å²) in [6, 6.07) is 2.18. The molecule has 2 aromatic rings. The quantitative estimate of drug-likeness (QED) is 0.756. The van der Waals surface area contributed by atoms with Crippen molar-refractivity contribution in [2.45, 2.75) is 65.9 Å². The smallest absolute Gasteiger partial charge is 0.0831 e. The molecule has 0 aliphatic rings. The Morgan fingerprint density at radius 1 is 1.14 bits per heavy atom. The van der Waals surface area contributed by atoms with Gasteiger partial charge in [-0.1, -0.05) is 13.8 Å². The zero-order valence-electron chi connectivity index (χ0n) is 13.6. The Labute approximate surface area is 132 Å². The van der Waals surface area contributed by atoms with Crippen molar-refractivity contribution in [1.82, 2.24) is 19.6 Å². The Kier molecular flexibility index (Phi) is 5.09. The Bertz CT molecular complexity index is 612. The van der Waals surface area contributed by atoms with Crippen LogP contribution in [0.25, 0.3) is 0 Å². The van der Waals surface area contributed by atoms with E-state index in [4.69, 9.17) is 11.6 Å². The normalized spacial score (nSPS) is 12.9. The Hall–Kier alpha value is -1.29. The lowest BCUT2D eigenvalue weighted by atomic mass is 10.1. The molecule has 0 radical (unpaired) electrons. The maximum absolute atomic E-state index is 6.43. The Balaban J connectivity index is 2.34. The molecule has 0 aromatic carbocycles. The average molecular weight is 309 g/mol. The molecule has 116 valence electrons. The minimum Gasteiger partial charge on any atom is -0.268 e. The van der Waals surface area contributed by atoms with Crippen LogP contribution >= 0.6 is 11.6 Å². The van der Waals surface area contributed by atoms with Crippen LogP contribution in [0.3, 0.4) is 0 Å². The first kappa shape index (κ1) is 16.1. The van der Waals surface area contributed by atoms with Gasteiger partial charge in [0.2, 0.25) is 0 Å². The third-order valence-corrected chi connectivity index (χ3v) is 4.52. The number of rotatable bonds is 6. The van der Waals surface area contributed by atoms with Crippen LogP contribution in [0.15, 0.2) is 6.07 Å². The number of halogens is 1. The first-order valence-corrected chi connectivity index (χ1v) is 8.18. The molecule has 0 amide bonds. The molecule has 0 saturated carbocycles. The molecule has 1 unspecified atom stereocenters. The van der Waals surface area contributed by atoms with Crippen molar-refractivity contribution in [3.63, 3.8) is 0 Å². The summed E-state index contributed by atoms with van der Waals surface area (Å²) in [5, 5.41) is 9.32. The summed E-state index contributed by atoms with van der Waals surface area (Å²) in [6.07, 6.45) is 1.88. The van der Waals surface area contributed by atoms with Crippen LogP contribution < -0.4 is 0 Å². The minimum atomic E-state index is 0.0426. The van der Waals surface area contributed by atoms with Gasteiger partial charge in [-0.2, -0.15) is 10.2 Å². The fourth-order valence-corrected chi connectivity index (χ4v) is 3.08. The van der Waals surface area contributed by atoms with E-state index >= 15 is 0 Å². The number of nitrogens with zero attached hydrogens (tertiary/aromatic N) is 4. The molecule has 2 aromatic heterocycles. The molecule has 2 heterocycles. The number of hydrogen-bond donors (Lipinski definition) is 0. The van der Waals surface area contributed by atoms with E-state index in [9.17, 15) is 0 Å². The van der Waals surface area contributed by atoms with Gasteiger partial charge >= 0.3 is 0 Å². The lowest BCUT2D eigenvalue weighted by molar-refractivity contribution is 0.565. The van der Waals surface area contributed by atoms with Crippen molar-refractivity contribution in [3.05, 3.63) is 34.4 Å². The van der Waals surface area contributed by atoms with Crippen molar-refractivity contribution >= 4 is 11.6 Å². The van der Waals surface area contributed by atoms with Crippen LogP contribution in [-0.2, 0) is 19.5 Å². The number of alkyl halides is 1. The summed E-state index contributed by atoms with van der Waals surface area (Å²) in [5.74, 6) is 0. The zero-order chi connectivity index (χ0) is 15.6. The van der Waals surface area contributed by atoms with Gasteiger partial charge in [0, 0.05) is 17.8 Å². The van der Waals surface area contributed by atoms with E-state index in [0.29, 0.717) is 0 Å². The third-order valence-electron chi connectivity index (χ3n) is 4.00. The molecular formula is C16H25ClN4. The van der Waals surface area contributed by atoms with Crippen LogP contribution in [0.1, 0.15) is 60.9 Å². The molecule has 1 atom stereocenters. The fraction of sp³-hybridized carbons (Fsp3) is 0.625. The topological polar surface area (TPSA) is 35.6 Å². The maximum Gasteiger partial charge on any atom is 0.0831 e. The van der Waals surface area contributed by atoms with Gasteiger partial charge in [0.1, 0.15) is 0 Å². The van der Waals surface area contributed by atoms with Crippen molar-refractivity contribution in [2.75, 3.05) is 0 Å². The molecule has 0 fully saturated rings. The van der Waals surface area contributed by atoms with Gasteiger partial charge in [-0.15, -0.1) is 11.6 Å². The largest absolute Gasteiger partial charge is 0.268 e. The molecule has 21 heavy (non-hydrogen) atoms. The average Bonchev–Trinajstić information content (AvgIpc) is 3.00. The molecule has 0 bridgehead atoms. The minimum absolute atomic E-state index is 0.0426. The zero-order valence-corrected chi connectivity index (χ0v) is 14.4. The highest BCUT2D eigenvalue weighted by Crippen LogP contribution is 2.29. The van der Waals surface area contributed by atoms with E-state index in [1.165, 1.54) is 11.3 Å². The number of aryl methyl sites for hydroxylation is 3. The summed E-state index contributed by atoms with van der Waals surface area (Å²) in [7, 11) is 0. The summed E-state index contributed by atoms with van der Waals surface area (Å²) >= 11 is 6.43. The van der Waals surface area contributed by atoms with Crippen LogP contribution in [-0.4, -0.2) is 19.6 Å². The predicted octanol–water partition coefficient (Wildman–Crippen LogP) is 4.02. The second kappa shape index (κ2) is 6.65. The predicted molar refractivity (Wildman–Crippen MR) is 87.0 cm³/mol. The number of hydrogen-bond acceptors (Lipinski definition) is 2. The first-order chi connectivity index (χ1) is 10.0. The van der Waals surface area contributed by atoms with E-state index < -0.39 is 0 Å². The fourth-order valence-electron chi connectivity index (χ4n) is 2.76. The Morgan fingerprint density at radius 3 is 2.43 bits per heavy atom. The van der Waals surface area contributed by atoms with Crippen molar-refractivity contribution in [2.24, 2.45) is 0 Å². The van der Waals surface area contributed by atoms with Gasteiger partial charge < -0.3 is 0 Å². The lowest BCUT2D eigenvalue weighted by Gasteiger charge is -2.09. The molecule has 0 aliphatic carbocycles. The number of aromatic nitrogens is 4. The summed E-state index contributed by atoms with van der Waals surface area (Å²) in [4.78, 5) is 0. The van der Waals surface area contributed by atoms with Gasteiger partial charge in [-0.3, -0.25) is 9.36 Å². The van der Waals surface area contributed by atoms with E-state index in [1.807, 2.05) is 6.92 Å². The van der Waals surface area contributed by atoms with E-state index in [-0.39, 0.29) is 5.38 Å². The van der Waals surface area contributed by atoms with Crippen LogP contribution in [0.2, 0.25) is 0 Å². The van der Waals surface area contributed by atoms with Crippen molar-refractivity contribution in [1.29, 1.82) is 0 Å². The first-order valence-electron chi connectivity index (χ1n) is 7.75. The van der Waals surface area contributed by atoms with E-state index in [2.05, 4.69) is 53.3 Å². The van der Waals surface area contributed by atoms with Crippen molar-refractivity contribution in [3.8, 4) is 0 Å². The lowest BCUT2D eigenvalue weighted by Crippen LogP contribution is -2.10. The summed E-state index contributed by atoms with van der Waals surface area (Å²) < 4.78 is 4.12. The molecule has 0 N–H and O–H groups in total. The van der Waals surface area contributed by atoms with Crippen LogP contribution in [0.4, 0.5) is 0 Å². The second-order valence-corrected chi connectivity index (χ2v) is 5.94. The van der Waals surface area contributed by atoms with Crippen molar-refractivity contribution < 1.29 is 0 Å². The molecule has 4 nitrogen and oxygen atoms in total. The van der Waals surface area contributed by atoms with Gasteiger partial charge in [0.25, 0.3) is 0 Å². The highest BCUT2D eigenvalue weighted by atomic mass is 35.5. The van der Waals surface area contributed by atoms with E-state index in [1.54, 1.807) is 0 Å².